The molecule has 1 heterocycles. The number of hydrogen-bond acceptors (Lipinski definition) is 4. The van der Waals surface area contributed by atoms with Crippen molar-refractivity contribution in [3.63, 3.8) is 0 Å². The van der Waals surface area contributed by atoms with Crippen molar-refractivity contribution in [1.29, 1.82) is 0 Å². The maximum absolute atomic E-state index is 13.4. The van der Waals surface area contributed by atoms with Crippen molar-refractivity contribution in [3.05, 3.63) is 68.8 Å². The van der Waals surface area contributed by atoms with Crippen molar-refractivity contribution in [2.45, 2.75) is 52.5 Å². The Morgan fingerprint density at radius 1 is 1.28 bits per heavy atom. The van der Waals surface area contributed by atoms with Gasteiger partial charge in [-0.2, -0.15) is 0 Å². The molecule has 7 heteroatoms. The lowest BCUT2D eigenvalue weighted by Crippen LogP contribution is -2.14. The topological polar surface area (TPSA) is 74.4 Å². The number of rotatable bonds is 8. The number of carbonyl (C=O) groups is 1. The third-order valence-electron chi connectivity index (χ3n) is 5.39. The van der Waals surface area contributed by atoms with Crippen LogP contribution in [0.15, 0.2) is 35.9 Å². The molecule has 1 aliphatic carbocycles. The maximum atomic E-state index is 13.4. The molecule has 1 aromatic carbocycles. The van der Waals surface area contributed by atoms with E-state index in [-0.39, 0.29) is 23.8 Å². The highest BCUT2D eigenvalue weighted by Crippen LogP contribution is 2.28. The van der Waals surface area contributed by atoms with Crippen LogP contribution in [0.3, 0.4) is 0 Å². The van der Waals surface area contributed by atoms with Crippen molar-refractivity contribution in [3.8, 4) is 5.75 Å². The van der Waals surface area contributed by atoms with E-state index in [2.05, 4.69) is 10.6 Å². The molecule has 0 saturated heterocycles. The zero-order chi connectivity index (χ0) is 21.0. The number of benzene rings is 1. The Morgan fingerprint density at radius 3 is 2.76 bits per heavy atom. The first-order chi connectivity index (χ1) is 13.9. The number of aromatic nitrogens is 1. The second kappa shape index (κ2) is 9.03. The molecule has 0 N–H and O–H groups in total. The van der Waals surface area contributed by atoms with Crippen LogP contribution < -0.4 is 4.74 Å². The van der Waals surface area contributed by atoms with E-state index in [1.165, 1.54) is 18.4 Å². The molecular formula is C22H25FN2O4. The lowest BCUT2D eigenvalue weighted by atomic mass is 9.97. The second-order valence-electron chi connectivity index (χ2n) is 7.38. The number of allylic oxidation sites excluding steroid dienone is 2. The molecule has 1 aromatic heterocycles. The normalized spacial score (nSPS) is 13.8. The molecule has 2 aromatic rings. The van der Waals surface area contributed by atoms with Crippen molar-refractivity contribution >= 4 is 11.5 Å². The molecule has 0 spiro atoms. The summed E-state index contributed by atoms with van der Waals surface area (Å²) >= 11 is 0. The molecule has 1 aliphatic rings. The molecule has 154 valence electrons. The van der Waals surface area contributed by atoms with Crippen LogP contribution in [0.25, 0.3) is 0 Å². The van der Waals surface area contributed by atoms with Gasteiger partial charge in [0.05, 0.1) is 4.92 Å². The second-order valence-corrected chi connectivity index (χ2v) is 7.38. The first kappa shape index (κ1) is 20.8. The Hall–Kier alpha value is -2.96. The van der Waals surface area contributed by atoms with Crippen molar-refractivity contribution in [2.24, 2.45) is 0 Å². The molecule has 0 atom stereocenters. The Morgan fingerprint density at radius 2 is 2.07 bits per heavy atom. The largest absolute Gasteiger partial charge is 0.478 e. The van der Waals surface area contributed by atoms with Gasteiger partial charge in [-0.25, -0.2) is 4.39 Å². The summed E-state index contributed by atoms with van der Waals surface area (Å²) in [6.45, 7) is 4.27. The number of Topliss-reactive ketones (excluding diaryl/α,β-unsaturated/α-hetero) is 1. The minimum atomic E-state index is -0.662. The molecule has 0 saturated carbocycles. The molecule has 0 fully saturated rings. The van der Waals surface area contributed by atoms with Crippen LogP contribution in [0.1, 0.15) is 53.8 Å². The zero-order valence-electron chi connectivity index (χ0n) is 16.7. The maximum Gasteiger partial charge on any atom is 0.311 e. The molecule has 0 unspecified atom stereocenters. The summed E-state index contributed by atoms with van der Waals surface area (Å²) in [4.78, 5) is 23.1. The Bertz CT molecular complexity index is 962. The van der Waals surface area contributed by atoms with Gasteiger partial charge in [-0.15, -0.1) is 0 Å². The average molecular weight is 400 g/mol. The third kappa shape index (κ3) is 4.91. The molecule has 6 nitrogen and oxygen atoms in total. The molecule has 0 aliphatic heterocycles. The number of carbonyl (C=O) groups excluding carboxylic acids is 1. The van der Waals surface area contributed by atoms with Gasteiger partial charge in [0.25, 0.3) is 0 Å². The van der Waals surface area contributed by atoms with E-state index < -0.39 is 10.7 Å². The number of hydrogen-bond donors (Lipinski definition) is 0. The lowest BCUT2D eigenvalue weighted by Gasteiger charge is -2.15. The first-order valence-corrected chi connectivity index (χ1v) is 9.81. The lowest BCUT2D eigenvalue weighted by molar-refractivity contribution is -0.385. The van der Waals surface area contributed by atoms with Crippen LogP contribution in [0.2, 0.25) is 0 Å². The van der Waals surface area contributed by atoms with Gasteiger partial charge in [0.2, 0.25) is 5.78 Å². The van der Waals surface area contributed by atoms with Gasteiger partial charge in [-0.1, -0.05) is 11.6 Å². The van der Waals surface area contributed by atoms with Gasteiger partial charge in [-0.05, 0) is 58.1 Å². The highest BCUT2D eigenvalue weighted by atomic mass is 19.1. The quantitative estimate of drug-likeness (QED) is 0.261. The average Bonchev–Trinajstić information content (AvgIpc) is 2.99. The van der Waals surface area contributed by atoms with Crippen molar-refractivity contribution in [1.82, 2.24) is 4.57 Å². The fourth-order valence-electron chi connectivity index (χ4n) is 3.79. The zero-order valence-corrected chi connectivity index (χ0v) is 16.7. The number of halogens is 1. The minimum absolute atomic E-state index is 0.249. The van der Waals surface area contributed by atoms with E-state index in [4.69, 9.17) is 4.74 Å². The molecule has 3 rings (SSSR count). The van der Waals surface area contributed by atoms with Gasteiger partial charge in [0.1, 0.15) is 5.82 Å². The Labute approximate surface area is 169 Å². The SMILES string of the molecule is Cc1cc(C(=O)COc2cc(F)ccc2[N+](=O)[O-])c(C)n1CCC1=CCCCC1. The smallest absolute Gasteiger partial charge is 0.311 e. The summed E-state index contributed by atoms with van der Waals surface area (Å²) in [6, 6.07) is 4.76. The fraction of sp³-hybridized carbons (Fsp3) is 0.409. The number of nitrogens with zero attached hydrogens (tertiary/aromatic N) is 2. The number of nitro benzene ring substituents is 1. The van der Waals surface area contributed by atoms with Crippen LogP contribution >= 0.6 is 0 Å². The van der Waals surface area contributed by atoms with Crippen molar-refractivity contribution in [2.75, 3.05) is 6.61 Å². The fourth-order valence-corrected chi connectivity index (χ4v) is 3.79. The van der Waals surface area contributed by atoms with Gasteiger partial charge >= 0.3 is 5.69 Å². The Balaban J connectivity index is 1.69. The molecule has 0 radical (unpaired) electrons. The van der Waals surface area contributed by atoms with Crippen LogP contribution in [-0.4, -0.2) is 21.9 Å². The summed E-state index contributed by atoms with van der Waals surface area (Å²) in [5, 5.41) is 11.1. The van der Waals surface area contributed by atoms with Crippen molar-refractivity contribution < 1.29 is 18.8 Å². The number of aryl methyl sites for hydroxylation is 1. The van der Waals surface area contributed by atoms with Crippen LogP contribution in [0.4, 0.5) is 10.1 Å². The predicted octanol–water partition coefficient (Wildman–Crippen LogP) is 5.30. The summed E-state index contributed by atoms with van der Waals surface area (Å²) in [6.07, 6.45) is 8.08. The summed E-state index contributed by atoms with van der Waals surface area (Å²) < 4.78 is 20.8. The summed E-state index contributed by atoms with van der Waals surface area (Å²) in [7, 11) is 0. The van der Waals surface area contributed by atoms with E-state index in [0.29, 0.717) is 5.56 Å². The molecule has 0 bridgehead atoms. The van der Waals surface area contributed by atoms with Crippen LogP contribution in [0, 0.1) is 29.8 Å². The highest BCUT2D eigenvalue weighted by Gasteiger charge is 2.20. The minimum Gasteiger partial charge on any atom is -0.478 e. The standard InChI is InChI=1S/C22H25FN2O4/c1-15-12-19(16(2)24(15)11-10-17-6-4-3-5-7-17)21(26)14-29-22-13-18(23)8-9-20(22)25(27)28/h6,8-9,12-13H,3-5,7,10-11,14H2,1-2H3. The van der Waals surface area contributed by atoms with E-state index in [9.17, 15) is 19.3 Å². The predicted molar refractivity (Wildman–Crippen MR) is 108 cm³/mol. The van der Waals surface area contributed by atoms with Crippen LogP contribution in [0.5, 0.6) is 5.75 Å². The molecule has 29 heavy (non-hydrogen) atoms. The molecular weight excluding hydrogens is 375 g/mol. The van der Waals surface area contributed by atoms with E-state index in [1.54, 1.807) is 0 Å². The highest BCUT2D eigenvalue weighted by molar-refractivity contribution is 5.98. The van der Waals surface area contributed by atoms with E-state index >= 15 is 0 Å². The number of ketones is 1. The van der Waals surface area contributed by atoms with E-state index in [0.717, 1.165) is 55.4 Å². The summed E-state index contributed by atoms with van der Waals surface area (Å²) in [5.41, 5.74) is 3.46. The van der Waals surface area contributed by atoms with Gasteiger partial charge in [0.15, 0.2) is 12.4 Å². The third-order valence-corrected chi connectivity index (χ3v) is 5.39. The number of ether oxygens (including phenoxy) is 1. The van der Waals surface area contributed by atoms with E-state index in [1.807, 2.05) is 19.9 Å². The number of nitro groups is 1. The first-order valence-electron chi connectivity index (χ1n) is 9.81. The van der Waals surface area contributed by atoms with Gasteiger partial charge < -0.3 is 9.30 Å². The monoisotopic (exact) mass is 400 g/mol. The molecule has 0 amide bonds. The van der Waals surface area contributed by atoms with Gasteiger partial charge in [-0.3, -0.25) is 14.9 Å². The Kier molecular flexibility index (Phi) is 6.46. The van der Waals surface area contributed by atoms with Crippen LogP contribution in [-0.2, 0) is 6.54 Å². The summed E-state index contributed by atoms with van der Waals surface area (Å²) in [5.74, 6) is -1.20. The van der Waals surface area contributed by atoms with Gasteiger partial charge in [0, 0.05) is 35.6 Å².